The minimum absolute atomic E-state index is 0.00937. The van der Waals surface area contributed by atoms with Crippen LogP contribution in [0.2, 0.25) is 0 Å². The Morgan fingerprint density at radius 2 is 2.16 bits per heavy atom. The van der Waals surface area contributed by atoms with Crippen LogP contribution in [-0.4, -0.2) is 40.1 Å². The highest BCUT2D eigenvalue weighted by Gasteiger charge is 2.20. The summed E-state index contributed by atoms with van der Waals surface area (Å²) >= 11 is 0. The number of carbonyl (C=O) groups is 2. The number of aromatic amines is 1. The number of nitrogens with zero attached hydrogens (tertiary/aromatic N) is 1. The van der Waals surface area contributed by atoms with Gasteiger partial charge in [0.15, 0.2) is 0 Å². The van der Waals surface area contributed by atoms with Crippen molar-refractivity contribution in [2.24, 2.45) is 0 Å². The summed E-state index contributed by atoms with van der Waals surface area (Å²) in [7, 11) is 0. The van der Waals surface area contributed by atoms with Crippen LogP contribution in [-0.2, 0) is 0 Å². The van der Waals surface area contributed by atoms with Gasteiger partial charge < -0.3 is 20.3 Å². The largest absolute Gasteiger partial charge is 0.477 e. The zero-order valence-corrected chi connectivity index (χ0v) is 11.0. The minimum Gasteiger partial charge on any atom is -0.477 e. The van der Waals surface area contributed by atoms with E-state index in [9.17, 15) is 9.59 Å². The Bertz CT molecular complexity index is 545. The lowest BCUT2D eigenvalue weighted by atomic mass is 10.1. The number of aryl methyl sites for hydroxylation is 1. The first kappa shape index (κ1) is 13.2. The number of carboxylic acids is 1. The SMILES string of the molecule is CC1=CCCN(C(=O)Nc2cc(C)[nH]c2C(=O)O)C1. The average Bonchev–Trinajstić information content (AvgIpc) is 2.70. The molecule has 0 bridgehead atoms. The van der Waals surface area contributed by atoms with E-state index in [0.717, 1.165) is 12.0 Å². The normalized spacial score (nSPS) is 15.1. The van der Waals surface area contributed by atoms with Gasteiger partial charge in [-0.05, 0) is 26.3 Å². The molecule has 102 valence electrons. The summed E-state index contributed by atoms with van der Waals surface area (Å²) < 4.78 is 0. The number of anilines is 1. The number of nitrogens with one attached hydrogen (secondary N) is 2. The fourth-order valence-corrected chi connectivity index (χ4v) is 2.14. The molecule has 19 heavy (non-hydrogen) atoms. The third kappa shape index (κ3) is 2.96. The number of hydrogen-bond acceptors (Lipinski definition) is 2. The number of H-pyrrole nitrogens is 1. The van der Waals surface area contributed by atoms with Crippen molar-refractivity contribution < 1.29 is 14.7 Å². The van der Waals surface area contributed by atoms with Crippen LogP contribution in [0.5, 0.6) is 0 Å². The van der Waals surface area contributed by atoms with Gasteiger partial charge in [0.1, 0.15) is 5.69 Å². The molecule has 1 aromatic heterocycles. The van der Waals surface area contributed by atoms with Crippen molar-refractivity contribution in [3.05, 3.63) is 29.1 Å². The lowest BCUT2D eigenvalue weighted by Gasteiger charge is -2.26. The molecule has 1 aromatic rings. The minimum atomic E-state index is -1.09. The Balaban J connectivity index is 2.11. The summed E-state index contributed by atoms with van der Waals surface area (Å²) in [5.41, 5.74) is 2.16. The van der Waals surface area contributed by atoms with E-state index in [0.29, 0.717) is 24.5 Å². The van der Waals surface area contributed by atoms with Gasteiger partial charge in [0.25, 0.3) is 0 Å². The standard InChI is InChI=1S/C13H17N3O3/c1-8-4-3-5-16(7-8)13(19)15-10-6-9(2)14-11(10)12(17)18/h4,6,14H,3,5,7H2,1-2H3,(H,15,19)(H,17,18). The molecule has 0 fully saturated rings. The zero-order valence-electron chi connectivity index (χ0n) is 11.0. The molecule has 6 nitrogen and oxygen atoms in total. The van der Waals surface area contributed by atoms with Crippen molar-refractivity contribution in [2.45, 2.75) is 20.3 Å². The highest BCUT2D eigenvalue weighted by Crippen LogP contribution is 2.18. The maximum Gasteiger partial charge on any atom is 0.354 e. The molecule has 2 rings (SSSR count). The first-order chi connectivity index (χ1) is 8.97. The van der Waals surface area contributed by atoms with Crippen molar-refractivity contribution in [1.82, 2.24) is 9.88 Å². The monoisotopic (exact) mass is 263 g/mol. The van der Waals surface area contributed by atoms with E-state index in [2.05, 4.69) is 16.4 Å². The third-order valence-electron chi connectivity index (χ3n) is 3.03. The predicted octanol–water partition coefficient (Wildman–Crippen LogP) is 2.21. The summed E-state index contributed by atoms with van der Waals surface area (Å²) in [6, 6.07) is 1.35. The van der Waals surface area contributed by atoms with Crippen LogP contribution in [0.4, 0.5) is 10.5 Å². The first-order valence-electron chi connectivity index (χ1n) is 6.12. The van der Waals surface area contributed by atoms with E-state index < -0.39 is 5.97 Å². The molecule has 0 spiro atoms. The van der Waals surface area contributed by atoms with E-state index in [1.165, 1.54) is 0 Å². The fourth-order valence-electron chi connectivity index (χ4n) is 2.14. The number of hydrogen-bond donors (Lipinski definition) is 3. The summed E-state index contributed by atoms with van der Waals surface area (Å²) in [5.74, 6) is -1.09. The van der Waals surface area contributed by atoms with Crippen LogP contribution >= 0.6 is 0 Å². The second-order valence-electron chi connectivity index (χ2n) is 4.74. The maximum absolute atomic E-state index is 12.1. The van der Waals surface area contributed by atoms with Crippen molar-refractivity contribution in [1.29, 1.82) is 0 Å². The van der Waals surface area contributed by atoms with E-state index in [1.54, 1.807) is 17.9 Å². The molecule has 0 atom stereocenters. The lowest BCUT2D eigenvalue weighted by molar-refractivity contribution is 0.0692. The number of carboxylic acid groups (broad SMARTS) is 1. The molecule has 1 aliphatic heterocycles. The number of amides is 2. The summed E-state index contributed by atoms with van der Waals surface area (Å²) in [4.78, 5) is 27.5. The number of aromatic nitrogens is 1. The molecule has 2 heterocycles. The van der Waals surface area contributed by atoms with E-state index >= 15 is 0 Å². The van der Waals surface area contributed by atoms with Gasteiger partial charge in [0.2, 0.25) is 0 Å². The fraction of sp³-hybridized carbons (Fsp3) is 0.385. The Morgan fingerprint density at radius 1 is 1.42 bits per heavy atom. The van der Waals surface area contributed by atoms with Crippen molar-refractivity contribution >= 4 is 17.7 Å². The Labute approximate surface area is 111 Å². The molecule has 0 saturated heterocycles. The van der Waals surface area contributed by atoms with Crippen molar-refractivity contribution in [3.63, 3.8) is 0 Å². The smallest absolute Gasteiger partial charge is 0.354 e. The number of carbonyl (C=O) groups excluding carboxylic acids is 1. The van der Waals surface area contributed by atoms with Crippen LogP contribution in [0.15, 0.2) is 17.7 Å². The molecule has 2 amide bonds. The van der Waals surface area contributed by atoms with Gasteiger partial charge >= 0.3 is 12.0 Å². The van der Waals surface area contributed by atoms with E-state index in [4.69, 9.17) is 5.11 Å². The van der Waals surface area contributed by atoms with Crippen LogP contribution in [0, 0.1) is 6.92 Å². The van der Waals surface area contributed by atoms with Crippen molar-refractivity contribution in [3.8, 4) is 0 Å². The zero-order chi connectivity index (χ0) is 14.0. The highest BCUT2D eigenvalue weighted by molar-refractivity contribution is 5.99. The van der Waals surface area contributed by atoms with Gasteiger partial charge in [-0.25, -0.2) is 9.59 Å². The highest BCUT2D eigenvalue weighted by atomic mass is 16.4. The lowest BCUT2D eigenvalue weighted by Crippen LogP contribution is -2.38. The van der Waals surface area contributed by atoms with Gasteiger partial charge in [0.05, 0.1) is 5.69 Å². The maximum atomic E-state index is 12.1. The molecule has 0 aromatic carbocycles. The number of urea groups is 1. The summed E-state index contributed by atoms with van der Waals surface area (Å²) in [6.45, 7) is 4.95. The van der Waals surface area contributed by atoms with Crippen LogP contribution < -0.4 is 5.32 Å². The van der Waals surface area contributed by atoms with Gasteiger partial charge in [-0.1, -0.05) is 11.6 Å². The molecule has 1 aliphatic rings. The molecule has 3 N–H and O–H groups in total. The molecule has 0 radical (unpaired) electrons. The van der Waals surface area contributed by atoms with E-state index in [-0.39, 0.29) is 11.7 Å². The van der Waals surface area contributed by atoms with Crippen LogP contribution in [0.3, 0.4) is 0 Å². The second-order valence-corrected chi connectivity index (χ2v) is 4.74. The molecule has 6 heteroatoms. The van der Waals surface area contributed by atoms with Gasteiger partial charge in [-0.2, -0.15) is 0 Å². The first-order valence-corrected chi connectivity index (χ1v) is 6.12. The molecule has 0 saturated carbocycles. The number of aromatic carboxylic acids is 1. The third-order valence-corrected chi connectivity index (χ3v) is 3.03. The molecule has 0 unspecified atom stereocenters. The summed E-state index contributed by atoms with van der Waals surface area (Å²) in [6.07, 6.45) is 2.93. The second kappa shape index (κ2) is 5.17. The summed E-state index contributed by atoms with van der Waals surface area (Å²) in [5, 5.41) is 11.7. The molecular formula is C13H17N3O3. The Hall–Kier alpha value is -2.24. The average molecular weight is 263 g/mol. The van der Waals surface area contributed by atoms with Gasteiger partial charge in [-0.3, -0.25) is 0 Å². The van der Waals surface area contributed by atoms with Gasteiger partial charge in [-0.15, -0.1) is 0 Å². The van der Waals surface area contributed by atoms with Crippen molar-refractivity contribution in [2.75, 3.05) is 18.4 Å². The van der Waals surface area contributed by atoms with Crippen LogP contribution in [0.25, 0.3) is 0 Å². The Morgan fingerprint density at radius 3 is 2.79 bits per heavy atom. The quantitative estimate of drug-likeness (QED) is 0.715. The molecular weight excluding hydrogens is 246 g/mol. The topological polar surface area (TPSA) is 85.4 Å². The predicted molar refractivity (Wildman–Crippen MR) is 71.5 cm³/mol. The van der Waals surface area contributed by atoms with E-state index in [1.807, 2.05) is 6.92 Å². The Kier molecular flexibility index (Phi) is 3.59. The molecule has 0 aliphatic carbocycles. The van der Waals surface area contributed by atoms with Gasteiger partial charge in [0, 0.05) is 18.8 Å². The van der Waals surface area contributed by atoms with Crippen LogP contribution in [0.1, 0.15) is 29.5 Å². The number of rotatable bonds is 2.